The minimum absolute atomic E-state index is 0.0736. The van der Waals surface area contributed by atoms with E-state index in [9.17, 15) is 4.79 Å². The van der Waals surface area contributed by atoms with Gasteiger partial charge in [-0.05, 0) is 26.3 Å². The lowest BCUT2D eigenvalue weighted by atomic mass is 10.1. The number of aryl methyl sites for hydroxylation is 1. The molecule has 1 N–H and O–H groups in total. The molecule has 18 heavy (non-hydrogen) atoms. The third-order valence-electron chi connectivity index (χ3n) is 2.86. The largest absolute Gasteiger partial charge is 0.480 e. The molecule has 0 radical (unpaired) electrons. The maximum Gasteiger partial charge on any atom is 0.266 e. The standard InChI is InChI=1S/C13H23N3O2/c1-4-14-11(2)7-5-6-10-16-13(17)9-8-12(15-16)18-3/h8-9,11,14H,4-7,10H2,1-3H3. The van der Waals surface area contributed by atoms with Crippen LogP contribution in [0.15, 0.2) is 16.9 Å². The van der Waals surface area contributed by atoms with E-state index in [0.717, 1.165) is 25.8 Å². The summed E-state index contributed by atoms with van der Waals surface area (Å²) < 4.78 is 6.47. The van der Waals surface area contributed by atoms with E-state index in [1.165, 1.54) is 10.7 Å². The molecule has 0 aromatic carbocycles. The first kappa shape index (κ1) is 14.7. The van der Waals surface area contributed by atoms with Gasteiger partial charge >= 0.3 is 0 Å². The van der Waals surface area contributed by atoms with Crippen LogP contribution in [-0.2, 0) is 6.54 Å². The topological polar surface area (TPSA) is 56.1 Å². The number of methoxy groups -OCH3 is 1. The summed E-state index contributed by atoms with van der Waals surface area (Å²) in [5.41, 5.74) is -0.0736. The Balaban J connectivity index is 2.37. The van der Waals surface area contributed by atoms with Crippen LogP contribution in [0.2, 0.25) is 0 Å². The predicted molar refractivity (Wildman–Crippen MR) is 72.0 cm³/mol. The van der Waals surface area contributed by atoms with Crippen LogP contribution >= 0.6 is 0 Å². The number of rotatable bonds is 8. The Morgan fingerprint density at radius 1 is 1.44 bits per heavy atom. The highest BCUT2D eigenvalue weighted by atomic mass is 16.5. The van der Waals surface area contributed by atoms with Crippen LogP contribution in [0.4, 0.5) is 0 Å². The summed E-state index contributed by atoms with van der Waals surface area (Å²) in [4.78, 5) is 11.6. The van der Waals surface area contributed by atoms with Gasteiger partial charge in [0, 0.05) is 24.7 Å². The fourth-order valence-corrected chi connectivity index (χ4v) is 1.86. The van der Waals surface area contributed by atoms with Crippen LogP contribution in [-0.4, -0.2) is 29.5 Å². The van der Waals surface area contributed by atoms with Crippen molar-refractivity contribution in [1.82, 2.24) is 15.1 Å². The molecule has 0 saturated carbocycles. The zero-order valence-corrected chi connectivity index (χ0v) is 11.5. The quantitative estimate of drug-likeness (QED) is 0.712. The number of ether oxygens (including phenoxy) is 1. The summed E-state index contributed by atoms with van der Waals surface area (Å²) in [5, 5.41) is 7.48. The van der Waals surface area contributed by atoms with Crippen molar-refractivity contribution in [3.8, 4) is 5.88 Å². The molecule has 0 aliphatic heterocycles. The van der Waals surface area contributed by atoms with Crippen LogP contribution < -0.4 is 15.6 Å². The zero-order valence-electron chi connectivity index (χ0n) is 11.5. The van der Waals surface area contributed by atoms with Crippen molar-refractivity contribution in [1.29, 1.82) is 0 Å². The van der Waals surface area contributed by atoms with Crippen LogP contribution in [0.3, 0.4) is 0 Å². The van der Waals surface area contributed by atoms with E-state index in [1.807, 2.05) is 0 Å². The van der Waals surface area contributed by atoms with Crippen LogP contribution in [0.25, 0.3) is 0 Å². The van der Waals surface area contributed by atoms with Gasteiger partial charge in [0.05, 0.1) is 7.11 Å². The second-order valence-corrected chi connectivity index (χ2v) is 4.39. The molecule has 1 heterocycles. The molecule has 0 amide bonds. The van der Waals surface area contributed by atoms with Gasteiger partial charge in [0.2, 0.25) is 5.88 Å². The Labute approximate surface area is 108 Å². The predicted octanol–water partition coefficient (Wildman–Crippen LogP) is 1.42. The number of unbranched alkanes of at least 4 members (excludes halogenated alkanes) is 1. The van der Waals surface area contributed by atoms with Gasteiger partial charge in [-0.2, -0.15) is 0 Å². The van der Waals surface area contributed by atoms with Crippen molar-refractivity contribution < 1.29 is 4.74 Å². The van der Waals surface area contributed by atoms with Gasteiger partial charge in [0.25, 0.3) is 5.56 Å². The van der Waals surface area contributed by atoms with Crippen LogP contribution in [0, 0.1) is 0 Å². The molecule has 102 valence electrons. The molecule has 0 spiro atoms. The summed E-state index contributed by atoms with van der Waals surface area (Å²) in [6.45, 7) is 5.93. The van der Waals surface area contributed by atoms with Gasteiger partial charge in [-0.15, -0.1) is 5.10 Å². The van der Waals surface area contributed by atoms with Gasteiger partial charge in [-0.3, -0.25) is 4.79 Å². The second kappa shape index (κ2) is 7.87. The smallest absolute Gasteiger partial charge is 0.266 e. The number of hydrogen-bond donors (Lipinski definition) is 1. The number of nitrogens with one attached hydrogen (secondary N) is 1. The van der Waals surface area contributed by atoms with Crippen molar-refractivity contribution in [2.75, 3.05) is 13.7 Å². The first-order chi connectivity index (χ1) is 8.67. The molecule has 0 aliphatic carbocycles. The van der Waals surface area contributed by atoms with Gasteiger partial charge in [-0.25, -0.2) is 4.68 Å². The third-order valence-corrected chi connectivity index (χ3v) is 2.86. The van der Waals surface area contributed by atoms with Gasteiger partial charge in [-0.1, -0.05) is 13.3 Å². The van der Waals surface area contributed by atoms with Crippen LogP contribution in [0.1, 0.15) is 33.1 Å². The van der Waals surface area contributed by atoms with Crippen molar-refractivity contribution in [2.24, 2.45) is 0 Å². The van der Waals surface area contributed by atoms with Gasteiger partial charge in [0.15, 0.2) is 0 Å². The zero-order chi connectivity index (χ0) is 13.4. The number of nitrogens with zero attached hydrogens (tertiary/aromatic N) is 2. The molecule has 1 aromatic heterocycles. The highest BCUT2D eigenvalue weighted by Crippen LogP contribution is 2.03. The fraction of sp³-hybridized carbons (Fsp3) is 0.692. The number of hydrogen-bond acceptors (Lipinski definition) is 4. The lowest BCUT2D eigenvalue weighted by Gasteiger charge is -2.11. The lowest BCUT2D eigenvalue weighted by Crippen LogP contribution is -2.26. The molecule has 0 fully saturated rings. The molecule has 1 unspecified atom stereocenters. The Morgan fingerprint density at radius 2 is 2.22 bits per heavy atom. The normalized spacial score (nSPS) is 12.4. The minimum atomic E-state index is -0.0736. The lowest BCUT2D eigenvalue weighted by molar-refractivity contribution is 0.371. The molecule has 0 bridgehead atoms. The maximum atomic E-state index is 11.6. The van der Waals surface area contributed by atoms with E-state index in [4.69, 9.17) is 4.74 Å². The molecule has 1 atom stereocenters. The summed E-state index contributed by atoms with van der Waals surface area (Å²) >= 11 is 0. The maximum absolute atomic E-state index is 11.6. The van der Waals surface area contributed by atoms with E-state index in [2.05, 4.69) is 24.3 Å². The van der Waals surface area contributed by atoms with E-state index in [-0.39, 0.29) is 5.56 Å². The van der Waals surface area contributed by atoms with E-state index < -0.39 is 0 Å². The average molecular weight is 253 g/mol. The molecule has 0 saturated heterocycles. The summed E-state index contributed by atoms with van der Waals surface area (Å²) in [6, 6.07) is 3.61. The summed E-state index contributed by atoms with van der Waals surface area (Å²) in [5.74, 6) is 0.482. The second-order valence-electron chi connectivity index (χ2n) is 4.39. The van der Waals surface area contributed by atoms with Crippen molar-refractivity contribution in [3.05, 3.63) is 22.5 Å². The van der Waals surface area contributed by atoms with Crippen LogP contribution in [0.5, 0.6) is 5.88 Å². The molecule has 5 heteroatoms. The molecule has 0 aliphatic rings. The van der Waals surface area contributed by atoms with Crippen molar-refractivity contribution >= 4 is 0 Å². The first-order valence-electron chi connectivity index (χ1n) is 6.53. The van der Waals surface area contributed by atoms with Gasteiger partial charge < -0.3 is 10.1 Å². The van der Waals surface area contributed by atoms with Gasteiger partial charge in [0.1, 0.15) is 0 Å². The summed E-state index contributed by atoms with van der Waals surface area (Å²) in [7, 11) is 1.55. The number of aromatic nitrogens is 2. The van der Waals surface area contributed by atoms with Crippen molar-refractivity contribution in [3.63, 3.8) is 0 Å². The Kier molecular flexibility index (Phi) is 6.43. The average Bonchev–Trinajstić information content (AvgIpc) is 2.37. The summed E-state index contributed by atoms with van der Waals surface area (Å²) in [6.07, 6.45) is 3.15. The molecule has 1 rings (SSSR count). The Bertz CT molecular complexity index is 403. The van der Waals surface area contributed by atoms with E-state index in [1.54, 1.807) is 13.2 Å². The highest BCUT2D eigenvalue weighted by molar-refractivity contribution is 5.05. The first-order valence-corrected chi connectivity index (χ1v) is 6.53. The SMILES string of the molecule is CCNC(C)CCCCn1nc(OC)ccc1=O. The monoisotopic (exact) mass is 253 g/mol. The fourth-order valence-electron chi connectivity index (χ4n) is 1.86. The Morgan fingerprint density at radius 3 is 2.89 bits per heavy atom. The highest BCUT2D eigenvalue weighted by Gasteiger charge is 2.02. The molecule has 1 aromatic rings. The third kappa shape index (κ3) is 4.87. The van der Waals surface area contributed by atoms with Crippen molar-refractivity contribution in [2.45, 2.75) is 45.7 Å². The molecular weight excluding hydrogens is 230 g/mol. The Hall–Kier alpha value is -1.36. The molecule has 5 nitrogen and oxygen atoms in total. The minimum Gasteiger partial charge on any atom is -0.480 e. The van der Waals surface area contributed by atoms with E-state index in [0.29, 0.717) is 18.5 Å². The van der Waals surface area contributed by atoms with E-state index >= 15 is 0 Å². The molecular formula is C13H23N3O2.